The number of unbranched alkanes of at least 4 members (excludes halogenated alkanes) is 1. The van der Waals surface area contributed by atoms with Crippen molar-refractivity contribution in [2.45, 2.75) is 64.7 Å². The lowest BCUT2D eigenvalue weighted by atomic mass is 9.82. The number of hydrogen-bond acceptors (Lipinski definition) is 4. The predicted molar refractivity (Wildman–Crippen MR) is 110 cm³/mol. The first-order valence-corrected chi connectivity index (χ1v) is 10.2. The van der Waals surface area contributed by atoms with E-state index in [4.69, 9.17) is 24.5 Å². The van der Waals surface area contributed by atoms with E-state index < -0.39 is 11.9 Å². The quantitative estimate of drug-likeness (QED) is 0.509. The number of carboxylic acids is 2. The molecule has 1 fully saturated rings. The molecule has 2 rings (SSSR count). The maximum atomic E-state index is 9.10. The Balaban J connectivity index is 0.000000568. The molecule has 0 aromatic heterocycles. The maximum Gasteiger partial charge on any atom is 0.414 e. The van der Waals surface area contributed by atoms with E-state index in [1.807, 2.05) is 0 Å². The second-order valence-corrected chi connectivity index (χ2v) is 7.83. The van der Waals surface area contributed by atoms with Crippen LogP contribution in [0.4, 0.5) is 0 Å². The molecule has 1 aliphatic heterocycles. The zero-order valence-corrected chi connectivity index (χ0v) is 17.4. The second kappa shape index (κ2) is 12.4. The van der Waals surface area contributed by atoms with Gasteiger partial charge < -0.3 is 19.8 Å². The van der Waals surface area contributed by atoms with E-state index in [1.165, 1.54) is 50.9 Å². The molecule has 0 atom stereocenters. The van der Waals surface area contributed by atoms with Crippen LogP contribution >= 0.6 is 0 Å². The summed E-state index contributed by atoms with van der Waals surface area (Å²) in [6, 6.07) is 8.67. The molecule has 2 N–H and O–H groups in total. The van der Waals surface area contributed by atoms with Gasteiger partial charge >= 0.3 is 11.9 Å². The van der Waals surface area contributed by atoms with Gasteiger partial charge in [-0.05, 0) is 74.8 Å². The predicted octanol–water partition coefficient (Wildman–Crippen LogP) is 4.17. The summed E-state index contributed by atoms with van der Waals surface area (Å²) in [4.78, 5) is 20.8. The molecule has 1 heterocycles. The largest absolute Gasteiger partial charge is 0.494 e. The van der Waals surface area contributed by atoms with Gasteiger partial charge in [-0.3, -0.25) is 0 Å². The Morgan fingerprint density at radius 2 is 1.57 bits per heavy atom. The molecule has 1 aromatic rings. The fourth-order valence-electron chi connectivity index (χ4n) is 3.02. The topological polar surface area (TPSA) is 87.1 Å². The molecule has 6 nitrogen and oxygen atoms in total. The average Bonchev–Trinajstić information content (AvgIpc) is 2.69. The minimum atomic E-state index is -1.82. The third-order valence-electron chi connectivity index (χ3n) is 5.29. The number of rotatable bonds is 8. The first-order chi connectivity index (χ1) is 13.3. The number of hydrogen-bond donors (Lipinski definition) is 2. The summed E-state index contributed by atoms with van der Waals surface area (Å²) in [7, 11) is 0. The summed E-state index contributed by atoms with van der Waals surface area (Å²) in [5, 5.41) is 14.8. The van der Waals surface area contributed by atoms with Crippen LogP contribution in [0.3, 0.4) is 0 Å². The fraction of sp³-hybridized carbons (Fsp3) is 0.636. The van der Waals surface area contributed by atoms with Gasteiger partial charge in [-0.25, -0.2) is 9.59 Å². The Kier molecular flexibility index (Phi) is 10.6. The van der Waals surface area contributed by atoms with Crippen LogP contribution in [0.25, 0.3) is 0 Å². The standard InChI is InChI=1S/C20H33NO.C2H2O4/c1-4-20(2,3)18-10-12-19(13-11-18)22-17-9-8-16-21-14-6-5-7-15-21;3-1(4)2(5)6/h10-13H,4-9,14-17H2,1-3H3;(H,3,4)(H,5,6). The highest BCUT2D eigenvalue weighted by Crippen LogP contribution is 2.28. The maximum absolute atomic E-state index is 9.10. The van der Waals surface area contributed by atoms with Crippen molar-refractivity contribution < 1.29 is 24.5 Å². The molecule has 0 bridgehead atoms. The summed E-state index contributed by atoms with van der Waals surface area (Å²) in [5.41, 5.74) is 1.65. The minimum absolute atomic E-state index is 0.257. The number of likely N-dealkylation sites (tertiary alicyclic amines) is 1. The number of aliphatic carboxylic acids is 2. The van der Waals surface area contributed by atoms with E-state index in [-0.39, 0.29) is 5.41 Å². The summed E-state index contributed by atoms with van der Waals surface area (Å²) in [6.07, 6.45) is 7.75. The van der Waals surface area contributed by atoms with Gasteiger partial charge in [0.25, 0.3) is 0 Å². The molecule has 0 saturated carbocycles. The van der Waals surface area contributed by atoms with Gasteiger partial charge in [-0.15, -0.1) is 0 Å². The average molecular weight is 394 g/mol. The van der Waals surface area contributed by atoms with Gasteiger partial charge in [0.1, 0.15) is 5.75 Å². The first kappa shape index (κ1) is 24.0. The van der Waals surface area contributed by atoms with Gasteiger partial charge in [0.05, 0.1) is 6.61 Å². The molecule has 1 aliphatic rings. The normalized spacial score (nSPS) is 14.7. The van der Waals surface area contributed by atoms with E-state index in [2.05, 4.69) is 49.9 Å². The molecule has 0 spiro atoms. The van der Waals surface area contributed by atoms with Crippen LogP contribution in [0.2, 0.25) is 0 Å². The van der Waals surface area contributed by atoms with Gasteiger partial charge in [0.2, 0.25) is 0 Å². The molecule has 0 aliphatic carbocycles. The summed E-state index contributed by atoms with van der Waals surface area (Å²) in [5.74, 6) is -2.64. The Hall–Kier alpha value is -2.08. The zero-order valence-electron chi connectivity index (χ0n) is 17.4. The van der Waals surface area contributed by atoms with E-state index in [1.54, 1.807) is 0 Å². The van der Waals surface area contributed by atoms with Gasteiger partial charge in [-0.1, -0.05) is 39.3 Å². The lowest BCUT2D eigenvalue weighted by Gasteiger charge is -2.26. The number of benzene rings is 1. The molecule has 1 saturated heterocycles. The summed E-state index contributed by atoms with van der Waals surface area (Å²) < 4.78 is 5.88. The van der Waals surface area contributed by atoms with Crippen LogP contribution in [0, 0.1) is 0 Å². The SMILES string of the molecule is CCC(C)(C)c1ccc(OCCCCN2CCCCC2)cc1.O=C(O)C(=O)O. The first-order valence-electron chi connectivity index (χ1n) is 10.2. The van der Waals surface area contributed by atoms with Crippen molar-refractivity contribution in [3.63, 3.8) is 0 Å². The second-order valence-electron chi connectivity index (χ2n) is 7.83. The number of carboxylic acid groups (broad SMARTS) is 2. The molecule has 1 aromatic carbocycles. The highest BCUT2D eigenvalue weighted by molar-refractivity contribution is 6.27. The van der Waals surface area contributed by atoms with Crippen LogP contribution in [-0.2, 0) is 15.0 Å². The third kappa shape index (κ3) is 9.22. The molecule has 0 radical (unpaired) electrons. The van der Waals surface area contributed by atoms with Crippen LogP contribution < -0.4 is 4.74 Å². The van der Waals surface area contributed by atoms with E-state index in [0.29, 0.717) is 0 Å². The number of carbonyl (C=O) groups is 2. The van der Waals surface area contributed by atoms with Crippen molar-refractivity contribution in [3.05, 3.63) is 29.8 Å². The third-order valence-corrected chi connectivity index (χ3v) is 5.29. The number of ether oxygens (including phenoxy) is 1. The van der Waals surface area contributed by atoms with E-state index in [9.17, 15) is 0 Å². The molecular formula is C22H35NO5. The van der Waals surface area contributed by atoms with Crippen LogP contribution in [0.1, 0.15) is 64.9 Å². The highest BCUT2D eigenvalue weighted by Gasteiger charge is 2.17. The van der Waals surface area contributed by atoms with Crippen LogP contribution in [0.5, 0.6) is 5.75 Å². The number of nitrogens with zero attached hydrogens (tertiary/aromatic N) is 1. The Morgan fingerprint density at radius 3 is 2.07 bits per heavy atom. The summed E-state index contributed by atoms with van der Waals surface area (Å²) in [6.45, 7) is 11.5. The Labute approximate surface area is 168 Å². The van der Waals surface area contributed by atoms with Crippen molar-refractivity contribution in [1.82, 2.24) is 4.90 Å². The number of piperidine rings is 1. The lowest BCUT2D eigenvalue weighted by Crippen LogP contribution is -2.30. The Morgan fingerprint density at radius 1 is 1.00 bits per heavy atom. The molecule has 28 heavy (non-hydrogen) atoms. The van der Waals surface area contributed by atoms with Crippen LogP contribution in [-0.4, -0.2) is 53.3 Å². The van der Waals surface area contributed by atoms with Crippen LogP contribution in [0.15, 0.2) is 24.3 Å². The molecule has 158 valence electrons. The van der Waals surface area contributed by atoms with E-state index >= 15 is 0 Å². The van der Waals surface area contributed by atoms with Gasteiger partial charge in [0, 0.05) is 0 Å². The summed E-state index contributed by atoms with van der Waals surface area (Å²) >= 11 is 0. The van der Waals surface area contributed by atoms with E-state index in [0.717, 1.165) is 25.2 Å². The Bertz CT molecular complexity index is 579. The molecule has 0 unspecified atom stereocenters. The lowest BCUT2D eigenvalue weighted by molar-refractivity contribution is -0.159. The van der Waals surface area contributed by atoms with Crippen molar-refractivity contribution in [2.75, 3.05) is 26.2 Å². The monoisotopic (exact) mass is 393 g/mol. The van der Waals surface area contributed by atoms with Crippen molar-refractivity contribution in [3.8, 4) is 5.75 Å². The van der Waals surface area contributed by atoms with Gasteiger partial charge in [-0.2, -0.15) is 0 Å². The molecule has 6 heteroatoms. The molecular weight excluding hydrogens is 358 g/mol. The fourth-order valence-corrected chi connectivity index (χ4v) is 3.02. The smallest absolute Gasteiger partial charge is 0.414 e. The van der Waals surface area contributed by atoms with Crippen molar-refractivity contribution >= 4 is 11.9 Å². The van der Waals surface area contributed by atoms with Crippen molar-refractivity contribution in [2.24, 2.45) is 0 Å². The molecule has 0 amide bonds. The zero-order chi connectivity index (χ0) is 21.0. The van der Waals surface area contributed by atoms with Gasteiger partial charge in [0.15, 0.2) is 0 Å². The minimum Gasteiger partial charge on any atom is -0.494 e. The van der Waals surface area contributed by atoms with Crippen molar-refractivity contribution in [1.29, 1.82) is 0 Å². The highest BCUT2D eigenvalue weighted by atomic mass is 16.5.